The van der Waals surface area contributed by atoms with Gasteiger partial charge in [0.15, 0.2) is 0 Å². The first-order chi connectivity index (χ1) is 5.75. The minimum Gasteiger partial charge on any atom is -0.377 e. The van der Waals surface area contributed by atoms with Crippen LogP contribution in [-0.4, -0.2) is 43.1 Å². The molecule has 2 unspecified atom stereocenters. The van der Waals surface area contributed by atoms with Gasteiger partial charge < -0.3 is 9.64 Å². The van der Waals surface area contributed by atoms with Crippen molar-refractivity contribution in [3.05, 3.63) is 0 Å². The highest BCUT2D eigenvalue weighted by Gasteiger charge is 2.27. The van der Waals surface area contributed by atoms with Crippen LogP contribution in [0.25, 0.3) is 0 Å². The third-order valence-corrected chi connectivity index (χ3v) is 2.81. The van der Waals surface area contributed by atoms with Crippen LogP contribution >= 0.6 is 11.6 Å². The second-order valence-electron chi connectivity index (χ2n) is 3.46. The van der Waals surface area contributed by atoms with E-state index in [9.17, 15) is 0 Å². The maximum Gasteiger partial charge on any atom is 0.0702 e. The van der Waals surface area contributed by atoms with E-state index in [2.05, 4.69) is 18.9 Å². The molecule has 0 aromatic rings. The van der Waals surface area contributed by atoms with Gasteiger partial charge in [-0.3, -0.25) is 0 Å². The summed E-state index contributed by atoms with van der Waals surface area (Å²) in [7, 11) is 2.16. The molecule has 1 heterocycles. The van der Waals surface area contributed by atoms with Gasteiger partial charge in [-0.05, 0) is 33.4 Å². The van der Waals surface area contributed by atoms with Crippen molar-refractivity contribution in [2.75, 3.05) is 26.1 Å². The lowest BCUT2D eigenvalue weighted by Gasteiger charge is -2.26. The number of rotatable bonds is 4. The molecule has 0 aromatic carbocycles. The predicted molar refractivity (Wildman–Crippen MR) is 51.8 cm³/mol. The molecule has 0 saturated carbocycles. The zero-order valence-corrected chi connectivity index (χ0v) is 8.68. The van der Waals surface area contributed by atoms with Gasteiger partial charge in [0.1, 0.15) is 0 Å². The Morgan fingerprint density at radius 2 is 2.33 bits per heavy atom. The smallest absolute Gasteiger partial charge is 0.0702 e. The molecule has 2 atom stereocenters. The van der Waals surface area contributed by atoms with Crippen LogP contribution in [0.5, 0.6) is 0 Å². The van der Waals surface area contributed by atoms with Crippen molar-refractivity contribution in [3.63, 3.8) is 0 Å². The molecule has 0 bridgehead atoms. The highest BCUT2D eigenvalue weighted by molar-refractivity contribution is 6.17. The molecule has 12 heavy (non-hydrogen) atoms. The van der Waals surface area contributed by atoms with Crippen molar-refractivity contribution < 1.29 is 4.74 Å². The van der Waals surface area contributed by atoms with Crippen molar-refractivity contribution >= 4 is 11.6 Å². The van der Waals surface area contributed by atoms with E-state index >= 15 is 0 Å². The number of nitrogens with zero attached hydrogens (tertiary/aromatic N) is 1. The van der Waals surface area contributed by atoms with Gasteiger partial charge in [-0.2, -0.15) is 0 Å². The zero-order chi connectivity index (χ0) is 8.97. The Bertz CT molecular complexity index is 132. The molecular formula is C9H18ClNO. The summed E-state index contributed by atoms with van der Waals surface area (Å²) >= 11 is 5.63. The molecule has 72 valence electrons. The van der Waals surface area contributed by atoms with Crippen LogP contribution in [0.1, 0.15) is 19.8 Å². The first kappa shape index (κ1) is 10.3. The van der Waals surface area contributed by atoms with Crippen molar-refractivity contribution in [2.24, 2.45) is 0 Å². The Balaban J connectivity index is 2.25. The fraction of sp³-hybridized carbons (Fsp3) is 1.00. The minimum absolute atomic E-state index is 0.394. The number of hydrogen-bond donors (Lipinski definition) is 0. The Hall–Kier alpha value is 0.210. The molecule has 0 N–H and O–H groups in total. The van der Waals surface area contributed by atoms with Crippen LogP contribution in [0.2, 0.25) is 0 Å². The maximum atomic E-state index is 5.63. The lowest BCUT2D eigenvalue weighted by atomic mass is 10.1. The van der Waals surface area contributed by atoms with E-state index in [0.29, 0.717) is 12.1 Å². The quantitative estimate of drug-likeness (QED) is 0.628. The molecule has 1 rings (SSSR count). The first-order valence-corrected chi connectivity index (χ1v) is 5.17. The second kappa shape index (κ2) is 5.05. The Kier molecular flexibility index (Phi) is 4.33. The van der Waals surface area contributed by atoms with E-state index in [1.54, 1.807) is 0 Å². The van der Waals surface area contributed by atoms with Gasteiger partial charge in [0.05, 0.1) is 6.10 Å². The summed E-state index contributed by atoms with van der Waals surface area (Å²) < 4.78 is 5.49. The summed E-state index contributed by atoms with van der Waals surface area (Å²) in [6.45, 7) is 4.15. The molecule has 0 spiro atoms. The first-order valence-electron chi connectivity index (χ1n) is 4.63. The average molecular weight is 192 g/mol. The summed E-state index contributed by atoms with van der Waals surface area (Å²) in [6.07, 6.45) is 2.63. The largest absolute Gasteiger partial charge is 0.377 e. The molecule has 0 amide bonds. The van der Waals surface area contributed by atoms with Gasteiger partial charge in [0.25, 0.3) is 0 Å². The molecule has 0 aromatic heterocycles. The average Bonchev–Trinajstić information content (AvgIpc) is 2.47. The molecule has 1 aliphatic heterocycles. The van der Waals surface area contributed by atoms with Gasteiger partial charge in [0.2, 0.25) is 0 Å². The van der Waals surface area contributed by atoms with E-state index in [4.69, 9.17) is 16.3 Å². The van der Waals surface area contributed by atoms with E-state index in [-0.39, 0.29) is 0 Å². The van der Waals surface area contributed by atoms with Gasteiger partial charge in [-0.15, -0.1) is 11.6 Å². The highest BCUT2D eigenvalue weighted by Crippen LogP contribution is 2.18. The summed E-state index contributed by atoms with van der Waals surface area (Å²) in [5, 5.41) is 0. The Morgan fingerprint density at radius 3 is 2.83 bits per heavy atom. The van der Waals surface area contributed by atoms with E-state index in [0.717, 1.165) is 25.5 Å². The molecule has 1 saturated heterocycles. The third kappa shape index (κ3) is 2.61. The van der Waals surface area contributed by atoms with E-state index < -0.39 is 0 Å². The molecule has 1 fully saturated rings. The molecule has 3 heteroatoms. The van der Waals surface area contributed by atoms with Crippen molar-refractivity contribution in [2.45, 2.75) is 31.9 Å². The number of ether oxygens (including phenoxy) is 1. The SMILES string of the molecule is CC1OCCC1N(C)CCCCl. The topological polar surface area (TPSA) is 12.5 Å². The van der Waals surface area contributed by atoms with E-state index in [1.165, 1.54) is 6.42 Å². The van der Waals surface area contributed by atoms with Crippen LogP contribution in [-0.2, 0) is 4.74 Å². The monoisotopic (exact) mass is 191 g/mol. The normalized spacial score (nSPS) is 30.0. The van der Waals surface area contributed by atoms with Gasteiger partial charge in [-0.25, -0.2) is 0 Å². The predicted octanol–water partition coefficient (Wildman–Crippen LogP) is 1.72. The number of alkyl halides is 1. The van der Waals surface area contributed by atoms with Gasteiger partial charge in [0, 0.05) is 18.5 Å². The lowest BCUT2D eigenvalue weighted by Crippen LogP contribution is -2.37. The molecular weight excluding hydrogens is 174 g/mol. The zero-order valence-electron chi connectivity index (χ0n) is 7.92. The van der Waals surface area contributed by atoms with E-state index in [1.807, 2.05) is 0 Å². The van der Waals surface area contributed by atoms with Crippen LogP contribution in [0.3, 0.4) is 0 Å². The second-order valence-corrected chi connectivity index (χ2v) is 3.83. The minimum atomic E-state index is 0.394. The lowest BCUT2D eigenvalue weighted by molar-refractivity contribution is 0.0838. The van der Waals surface area contributed by atoms with Crippen LogP contribution in [0.15, 0.2) is 0 Å². The summed E-state index contributed by atoms with van der Waals surface area (Å²) in [6, 6.07) is 0.605. The van der Waals surface area contributed by atoms with Crippen molar-refractivity contribution in [3.8, 4) is 0 Å². The Labute approximate surface area is 79.8 Å². The molecule has 0 radical (unpaired) electrons. The Morgan fingerprint density at radius 1 is 1.58 bits per heavy atom. The van der Waals surface area contributed by atoms with Crippen LogP contribution < -0.4 is 0 Å². The van der Waals surface area contributed by atoms with Crippen LogP contribution in [0, 0.1) is 0 Å². The number of likely N-dealkylation sites (N-methyl/N-ethyl adjacent to an activating group) is 1. The fourth-order valence-electron chi connectivity index (χ4n) is 1.77. The van der Waals surface area contributed by atoms with Crippen LogP contribution in [0.4, 0.5) is 0 Å². The summed E-state index contributed by atoms with van der Waals surface area (Å²) in [5.41, 5.74) is 0. The van der Waals surface area contributed by atoms with Gasteiger partial charge in [-0.1, -0.05) is 0 Å². The van der Waals surface area contributed by atoms with Crippen molar-refractivity contribution in [1.82, 2.24) is 4.90 Å². The number of halogens is 1. The number of hydrogen-bond acceptors (Lipinski definition) is 2. The molecule has 0 aliphatic carbocycles. The third-order valence-electron chi connectivity index (χ3n) is 2.55. The fourth-order valence-corrected chi connectivity index (χ4v) is 1.89. The standard InChI is InChI=1S/C9H18ClNO/c1-8-9(4-7-12-8)11(2)6-3-5-10/h8-9H,3-7H2,1-2H3. The maximum absolute atomic E-state index is 5.63. The molecule has 2 nitrogen and oxygen atoms in total. The molecule has 1 aliphatic rings. The highest BCUT2D eigenvalue weighted by atomic mass is 35.5. The summed E-state index contributed by atoms with van der Waals surface area (Å²) in [4.78, 5) is 2.36. The summed E-state index contributed by atoms with van der Waals surface area (Å²) in [5.74, 6) is 0.756. The van der Waals surface area contributed by atoms with Gasteiger partial charge >= 0.3 is 0 Å². The van der Waals surface area contributed by atoms with Crippen molar-refractivity contribution in [1.29, 1.82) is 0 Å².